The summed E-state index contributed by atoms with van der Waals surface area (Å²) in [5.74, 6) is 0.931. The molecule has 0 bridgehead atoms. The number of rotatable bonds is 5. The van der Waals surface area contributed by atoms with Crippen LogP contribution < -0.4 is 0 Å². The minimum atomic E-state index is -0.224. The molecule has 0 atom stereocenters. The average molecular weight is 390 g/mol. The molecule has 0 aliphatic rings. The van der Waals surface area contributed by atoms with Gasteiger partial charge in [0.15, 0.2) is 10.4 Å². The number of benzene rings is 1. The predicted molar refractivity (Wildman–Crippen MR) is 91.3 cm³/mol. The van der Waals surface area contributed by atoms with E-state index in [1.807, 2.05) is 38.1 Å². The van der Waals surface area contributed by atoms with Gasteiger partial charge in [0.1, 0.15) is 6.54 Å². The van der Waals surface area contributed by atoms with Crippen LogP contribution in [0.15, 0.2) is 50.0 Å². The fourth-order valence-corrected chi connectivity index (χ4v) is 2.52. The Morgan fingerprint density at radius 3 is 2.58 bits per heavy atom. The van der Waals surface area contributed by atoms with Gasteiger partial charge in [0.25, 0.3) is 5.91 Å². The molecule has 3 aromatic rings. The fraction of sp³-hybridized carbons (Fsp3) is 0.235. The molecule has 0 fully saturated rings. The maximum Gasteiger partial charge on any atom is 0.290 e. The van der Waals surface area contributed by atoms with E-state index in [9.17, 15) is 4.79 Å². The smallest absolute Gasteiger partial charge is 0.290 e. The van der Waals surface area contributed by atoms with Crippen molar-refractivity contribution in [3.8, 4) is 11.4 Å². The first-order chi connectivity index (χ1) is 11.6. The van der Waals surface area contributed by atoms with E-state index < -0.39 is 0 Å². The van der Waals surface area contributed by atoms with Crippen molar-refractivity contribution in [1.82, 2.24) is 15.0 Å². The summed E-state index contributed by atoms with van der Waals surface area (Å²) >= 11 is 3.19. The van der Waals surface area contributed by atoms with E-state index in [-0.39, 0.29) is 18.2 Å². The van der Waals surface area contributed by atoms with Crippen LogP contribution in [0.1, 0.15) is 28.9 Å². The normalized spacial score (nSPS) is 10.8. The Bertz CT molecular complexity index is 839. The number of carbonyl (C=O) groups is 1. The van der Waals surface area contributed by atoms with Gasteiger partial charge < -0.3 is 13.8 Å². The Balaban J connectivity index is 1.75. The van der Waals surface area contributed by atoms with Crippen LogP contribution in [0.3, 0.4) is 0 Å². The molecular weight excluding hydrogens is 374 g/mol. The molecule has 3 rings (SSSR count). The molecule has 0 saturated carbocycles. The lowest BCUT2D eigenvalue weighted by Crippen LogP contribution is -2.30. The number of furan rings is 1. The van der Waals surface area contributed by atoms with E-state index in [1.165, 1.54) is 0 Å². The second kappa shape index (κ2) is 7.00. The van der Waals surface area contributed by atoms with Gasteiger partial charge in [-0.3, -0.25) is 4.79 Å². The molecule has 0 radical (unpaired) electrons. The molecule has 0 N–H and O–H groups in total. The summed E-state index contributed by atoms with van der Waals surface area (Å²) < 4.78 is 11.1. The topological polar surface area (TPSA) is 72.4 Å². The average Bonchev–Trinajstić information content (AvgIpc) is 3.22. The zero-order valence-electron chi connectivity index (χ0n) is 13.3. The van der Waals surface area contributed by atoms with E-state index in [0.717, 1.165) is 11.1 Å². The van der Waals surface area contributed by atoms with E-state index in [0.29, 0.717) is 22.9 Å². The van der Waals surface area contributed by atoms with E-state index in [4.69, 9.17) is 8.94 Å². The van der Waals surface area contributed by atoms with E-state index in [2.05, 4.69) is 26.1 Å². The number of amides is 1. The second-order valence-electron chi connectivity index (χ2n) is 5.30. The van der Waals surface area contributed by atoms with Crippen molar-refractivity contribution >= 4 is 21.8 Å². The number of aryl methyl sites for hydroxylation is 1. The standard InChI is InChI=1S/C17H16BrN3O3/c1-3-21(17(22)13-8-9-14(18)23-13)10-15-19-16(20-24-15)12-6-4-11(2)5-7-12/h4-9H,3,10H2,1-2H3. The van der Waals surface area contributed by atoms with Crippen molar-refractivity contribution in [2.45, 2.75) is 20.4 Å². The molecule has 0 unspecified atom stereocenters. The molecule has 6 nitrogen and oxygen atoms in total. The number of hydrogen-bond donors (Lipinski definition) is 0. The van der Waals surface area contributed by atoms with Crippen LogP contribution in [0.4, 0.5) is 0 Å². The fourth-order valence-electron chi connectivity index (χ4n) is 2.21. The Morgan fingerprint density at radius 2 is 1.96 bits per heavy atom. The van der Waals surface area contributed by atoms with Gasteiger partial charge in [-0.25, -0.2) is 0 Å². The highest BCUT2D eigenvalue weighted by molar-refractivity contribution is 9.10. The van der Waals surface area contributed by atoms with Crippen LogP contribution in [0.5, 0.6) is 0 Å². The first-order valence-corrected chi connectivity index (χ1v) is 8.30. The molecule has 0 saturated heterocycles. The quantitative estimate of drug-likeness (QED) is 0.657. The highest BCUT2D eigenvalue weighted by Gasteiger charge is 2.20. The van der Waals surface area contributed by atoms with Crippen LogP contribution in [0, 0.1) is 6.92 Å². The zero-order valence-corrected chi connectivity index (χ0v) is 14.9. The van der Waals surface area contributed by atoms with Gasteiger partial charge in [-0.1, -0.05) is 35.0 Å². The zero-order chi connectivity index (χ0) is 17.1. The van der Waals surface area contributed by atoms with Crippen LogP contribution in [-0.4, -0.2) is 27.5 Å². The second-order valence-corrected chi connectivity index (χ2v) is 6.08. The highest BCUT2D eigenvalue weighted by atomic mass is 79.9. The Labute approximate surface area is 147 Å². The molecule has 124 valence electrons. The molecular formula is C17H16BrN3O3. The van der Waals surface area contributed by atoms with Crippen molar-refractivity contribution in [3.05, 3.63) is 58.3 Å². The van der Waals surface area contributed by atoms with Crippen LogP contribution in [0.2, 0.25) is 0 Å². The van der Waals surface area contributed by atoms with Gasteiger partial charge in [-0.15, -0.1) is 0 Å². The monoisotopic (exact) mass is 389 g/mol. The minimum absolute atomic E-state index is 0.224. The number of carbonyl (C=O) groups excluding carboxylic acids is 1. The maximum absolute atomic E-state index is 12.4. The molecule has 1 amide bonds. The molecule has 2 heterocycles. The maximum atomic E-state index is 12.4. The van der Waals surface area contributed by atoms with Crippen molar-refractivity contribution in [3.63, 3.8) is 0 Å². The molecule has 1 aromatic carbocycles. The van der Waals surface area contributed by atoms with Crippen molar-refractivity contribution in [1.29, 1.82) is 0 Å². The summed E-state index contributed by atoms with van der Waals surface area (Å²) in [6.45, 7) is 4.63. The molecule has 0 aliphatic heterocycles. The van der Waals surface area contributed by atoms with Gasteiger partial charge in [-0.05, 0) is 41.9 Å². The van der Waals surface area contributed by atoms with E-state index in [1.54, 1.807) is 17.0 Å². The first-order valence-electron chi connectivity index (χ1n) is 7.51. The summed E-state index contributed by atoms with van der Waals surface area (Å²) in [4.78, 5) is 18.4. The molecule has 24 heavy (non-hydrogen) atoms. The molecule has 0 aliphatic carbocycles. The van der Waals surface area contributed by atoms with Gasteiger partial charge in [0.2, 0.25) is 11.7 Å². The third kappa shape index (κ3) is 3.56. The number of halogens is 1. The Kier molecular flexibility index (Phi) is 4.80. The predicted octanol–water partition coefficient (Wildman–Crippen LogP) is 4.06. The molecule has 7 heteroatoms. The Hall–Kier alpha value is -2.41. The summed E-state index contributed by atoms with van der Waals surface area (Å²) in [6.07, 6.45) is 0. The molecule has 0 spiro atoms. The number of aromatic nitrogens is 2. The molecule has 2 aromatic heterocycles. The number of nitrogens with zero attached hydrogens (tertiary/aromatic N) is 3. The first kappa shape index (κ1) is 16.4. The van der Waals surface area contributed by atoms with Crippen molar-refractivity contribution < 1.29 is 13.7 Å². The lowest BCUT2D eigenvalue weighted by molar-refractivity contribution is 0.0701. The summed E-state index contributed by atoms with van der Waals surface area (Å²) in [5.41, 5.74) is 2.04. The summed E-state index contributed by atoms with van der Waals surface area (Å²) in [6, 6.07) is 11.2. The lowest BCUT2D eigenvalue weighted by atomic mass is 10.1. The lowest BCUT2D eigenvalue weighted by Gasteiger charge is -2.16. The van der Waals surface area contributed by atoms with Gasteiger partial charge in [-0.2, -0.15) is 4.98 Å². The Morgan fingerprint density at radius 1 is 1.21 bits per heavy atom. The third-order valence-corrected chi connectivity index (χ3v) is 3.98. The summed E-state index contributed by atoms with van der Waals surface area (Å²) in [5, 5.41) is 3.98. The third-order valence-electron chi connectivity index (χ3n) is 3.56. The highest BCUT2D eigenvalue weighted by Crippen LogP contribution is 2.19. The van der Waals surface area contributed by atoms with Gasteiger partial charge in [0.05, 0.1) is 0 Å². The van der Waals surface area contributed by atoms with Gasteiger partial charge >= 0.3 is 0 Å². The van der Waals surface area contributed by atoms with Crippen LogP contribution in [0.25, 0.3) is 11.4 Å². The van der Waals surface area contributed by atoms with Crippen molar-refractivity contribution in [2.75, 3.05) is 6.54 Å². The SMILES string of the molecule is CCN(Cc1nc(-c2ccc(C)cc2)no1)C(=O)c1ccc(Br)o1. The summed E-state index contributed by atoms with van der Waals surface area (Å²) in [7, 11) is 0. The van der Waals surface area contributed by atoms with Crippen molar-refractivity contribution in [2.24, 2.45) is 0 Å². The van der Waals surface area contributed by atoms with Crippen LogP contribution in [-0.2, 0) is 6.54 Å². The van der Waals surface area contributed by atoms with E-state index >= 15 is 0 Å². The largest absolute Gasteiger partial charge is 0.444 e. The number of hydrogen-bond acceptors (Lipinski definition) is 5. The van der Waals surface area contributed by atoms with Gasteiger partial charge in [0, 0.05) is 12.1 Å². The minimum Gasteiger partial charge on any atom is -0.444 e. The van der Waals surface area contributed by atoms with Crippen LogP contribution >= 0.6 is 15.9 Å².